The number of carbonyl (C=O) groups excluding carboxylic acids is 2. The van der Waals surface area contributed by atoms with Gasteiger partial charge in [-0.25, -0.2) is 0 Å². The maximum Gasteiger partial charge on any atom is 0.228 e. The van der Waals surface area contributed by atoms with E-state index in [1.807, 2.05) is 0 Å². The molecule has 148 valence electrons. The fourth-order valence-corrected chi connectivity index (χ4v) is 5.40. The van der Waals surface area contributed by atoms with Gasteiger partial charge in [0.2, 0.25) is 22.1 Å². The van der Waals surface area contributed by atoms with E-state index in [0.29, 0.717) is 23.5 Å². The van der Waals surface area contributed by atoms with Crippen LogP contribution in [0, 0.1) is 11.8 Å². The first-order valence-corrected chi connectivity index (χ1v) is 11.1. The molecular formula is C19H29N5O2S. The highest BCUT2D eigenvalue weighted by molar-refractivity contribution is 7.19. The van der Waals surface area contributed by atoms with Crippen LogP contribution in [-0.2, 0) is 9.59 Å². The van der Waals surface area contributed by atoms with Crippen molar-refractivity contribution in [2.24, 2.45) is 11.8 Å². The molecule has 0 aromatic carbocycles. The van der Waals surface area contributed by atoms with Gasteiger partial charge in [-0.1, -0.05) is 31.1 Å². The van der Waals surface area contributed by atoms with E-state index in [9.17, 15) is 9.59 Å². The molecule has 8 heteroatoms. The Morgan fingerprint density at radius 3 is 2.48 bits per heavy atom. The molecule has 1 aliphatic carbocycles. The maximum atomic E-state index is 12.7. The SMILES string of the molecule is C[C@@H]1CCCC[C@H]1NC(=O)C1CCN(c2nnc(N3CCCC3=O)s2)CC1. The molecule has 2 saturated heterocycles. The fraction of sp³-hybridized carbons (Fsp3) is 0.789. The van der Waals surface area contributed by atoms with Crippen molar-refractivity contribution in [3.8, 4) is 0 Å². The Hall–Kier alpha value is -1.70. The summed E-state index contributed by atoms with van der Waals surface area (Å²) >= 11 is 1.49. The zero-order valence-electron chi connectivity index (χ0n) is 16.0. The molecule has 3 heterocycles. The third-order valence-corrected chi connectivity index (χ3v) is 7.29. The Kier molecular flexibility index (Phi) is 5.61. The van der Waals surface area contributed by atoms with Gasteiger partial charge in [-0.3, -0.25) is 14.5 Å². The van der Waals surface area contributed by atoms with Gasteiger partial charge in [-0.15, -0.1) is 10.2 Å². The molecule has 2 aliphatic heterocycles. The summed E-state index contributed by atoms with van der Waals surface area (Å²) in [7, 11) is 0. The second kappa shape index (κ2) is 8.12. The average molecular weight is 392 g/mol. The highest BCUT2D eigenvalue weighted by Gasteiger charge is 2.31. The summed E-state index contributed by atoms with van der Waals surface area (Å²) in [6.45, 7) is 4.64. The van der Waals surface area contributed by atoms with Gasteiger partial charge in [0.25, 0.3) is 0 Å². The molecule has 0 unspecified atom stereocenters. The van der Waals surface area contributed by atoms with E-state index >= 15 is 0 Å². The number of hydrogen-bond donors (Lipinski definition) is 1. The third-order valence-electron chi connectivity index (χ3n) is 6.28. The number of rotatable bonds is 4. The van der Waals surface area contributed by atoms with E-state index < -0.39 is 0 Å². The van der Waals surface area contributed by atoms with E-state index in [1.54, 1.807) is 4.90 Å². The van der Waals surface area contributed by atoms with Gasteiger partial charge in [0.1, 0.15) is 0 Å². The summed E-state index contributed by atoms with van der Waals surface area (Å²) < 4.78 is 0. The van der Waals surface area contributed by atoms with E-state index in [2.05, 4.69) is 27.3 Å². The second-order valence-corrected chi connectivity index (χ2v) is 9.09. The maximum absolute atomic E-state index is 12.7. The average Bonchev–Trinajstić information content (AvgIpc) is 3.32. The molecule has 1 aromatic heterocycles. The van der Waals surface area contributed by atoms with Gasteiger partial charge in [-0.2, -0.15) is 0 Å². The lowest BCUT2D eigenvalue weighted by Gasteiger charge is -2.34. The Bertz CT molecular complexity index is 685. The highest BCUT2D eigenvalue weighted by atomic mass is 32.1. The van der Waals surface area contributed by atoms with Crippen molar-refractivity contribution < 1.29 is 9.59 Å². The molecule has 1 aromatic rings. The summed E-state index contributed by atoms with van der Waals surface area (Å²) in [5, 5.41) is 13.4. The third kappa shape index (κ3) is 4.10. The van der Waals surface area contributed by atoms with Crippen molar-refractivity contribution in [3.05, 3.63) is 0 Å². The molecule has 0 radical (unpaired) electrons. The molecule has 0 spiro atoms. The van der Waals surface area contributed by atoms with Gasteiger partial charge < -0.3 is 10.2 Å². The fourth-order valence-electron chi connectivity index (χ4n) is 4.46. The first kappa shape index (κ1) is 18.7. The molecular weight excluding hydrogens is 362 g/mol. The molecule has 2 amide bonds. The largest absolute Gasteiger partial charge is 0.353 e. The summed E-state index contributed by atoms with van der Waals surface area (Å²) in [6.07, 6.45) is 8.07. The number of amides is 2. The quantitative estimate of drug-likeness (QED) is 0.853. The standard InChI is InChI=1S/C19H29N5O2S/c1-13-5-2-3-6-15(13)20-17(26)14-8-11-23(12-9-14)18-21-22-19(27-18)24-10-4-7-16(24)25/h13-15H,2-12H2,1H3,(H,20,26)/t13-,15-/m1/s1. The van der Waals surface area contributed by atoms with Crippen LogP contribution in [0.3, 0.4) is 0 Å². The van der Waals surface area contributed by atoms with Gasteiger partial charge in [-0.05, 0) is 38.0 Å². The molecule has 1 N–H and O–H groups in total. The number of anilines is 2. The van der Waals surface area contributed by atoms with Crippen LogP contribution in [0.25, 0.3) is 0 Å². The zero-order chi connectivity index (χ0) is 18.8. The topological polar surface area (TPSA) is 78.4 Å². The Balaban J connectivity index is 1.29. The van der Waals surface area contributed by atoms with Gasteiger partial charge >= 0.3 is 0 Å². The van der Waals surface area contributed by atoms with Crippen LogP contribution in [-0.4, -0.2) is 47.7 Å². The Morgan fingerprint density at radius 1 is 1.04 bits per heavy atom. The minimum Gasteiger partial charge on any atom is -0.353 e. The number of carbonyl (C=O) groups is 2. The number of nitrogens with zero attached hydrogens (tertiary/aromatic N) is 4. The zero-order valence-corrected chi connectivity index (χ0v) is 16.8. The van der Waals surface area contributed by atoms with Gasteiger partial charge in [0.05, 0.1) is 0 Å². The number of aromatic nitrogens is 2. The van der Waals surface area contributed by atoms with E-state index in [4.69, 9.17) is 0 Å². The number of nitrogens with one attached hydrogen (secondary N) is 1. The van der Waals surface area contributed by atoms with Crippen LogP contribution in [0.2, 0.25) is 0 Å². The van der Waals surface area contributed by atoms with Crippen LogP contribution in [0.4, 0.5) is 10.3 Å². The molecule has 27 heavy (non-hydrogen) atoms. The van der Waals surface area contributed by atoms with Crippen LogP contribution in [0.5, 0.6) is 0 Å². The van der Waals surface area contributed by atoms with Crippen molar-refractivity contribution in [2.75, 3.05) is 29.4 Å². The summed E-state index contributed by atoms with van der Waals surface area (Å²) in [5.74, 6) is 1.07. The number of hydrogen-bond acceptors (Lipinski definition) is 6. The molecule has 2 atom stereocenters. The summed E-state index contributed by atoms with van der Waals surface area (Å²) in [5.41, 5.74) is 0. The first-order valence-electron chi connectivity index (χ1n) is 10.3. The van der Waals surface area contributed by atoms with Crippen LogP contribution >= 0.6 is 11.3 Å². The molecule has 4 rings (SSSR count). The van der Waals surface area contributed by atoms with E-state index in [1.165, 1.54) is 30.6 Å². The van der Waals surface area contributed by atoms with Crippen molar-refractivity contribution in [1.29, 1.82) is 0 Å². The van der Waals surface area contributed by atoms with Crippen molar-refractivity contribution in [2.45, 2.75) is 64.3 Å². The van der Waals surface area contributed by atoms with Crippen LogP contribution in [0.15, 0.2) is 0 Å². The first-order chi connectivity index (χ1) is 13.1. The van der Waals surface area contributed by atoms with Crippen molar-refractivity contribution in [1.82, 2.24) is 15.5 Å². The lowest BCUT2D eigenvalue weighted by Crippen LogP contribution is -2.46. The summed E-state index contributed by atoms with van der Waals surface area (Å²) in [4.78, 5) is 28.5. The van der Waals surface area contributed by atoms with Crippen molar-refractivity contribution in [3.63, 3.8) is 0 Å². The normalized spacial score (nSPS) is 27.2. The Morgan fingerprint density at radius 2 is 1.78 bits per heavy atom. The smallest absolute Gasteiger partial charge is 0.228 e. The van der Waals surface area contributed by atoms with E-state index in [0.717, 1.165) is 50.4 Å². The minimum absolute atomic E-state index is 0.0999. The molecule has 1 saturated carbocycles. The lowest BCUT2D eigenvalue weighted by atomic mass is 9.85. The monoisotopic (exact) mass is 391 g/mol. The summed E-state index contributed by atoms with van der Waals surface area (Å²) in [6, 6.07) is 0.355. The molecule has 3 aliphatic rings. The predicted molar refractivity (Wildman–Crippen MR) is 106 cm³/mol. The predicted octanol–water partition coefficient (Wildman–Crippen LogP) is 2.58. The van der Waals surface area contributed by atoms with E-state index in [-0.39, 0.29) is 17.7 Å². The Labute approximate surface area is 164 Å². The van der Waals surface area contributed by atoms with Crippen LogP contribution < -0.4 is 15.1 Å². The van der Waals surface area contributed by atoms with Gasteiger partial charge in [0, 0.05) is 38.0 Å². The van der Waals surface area contributed by atoms with Crippen LogP contribution in [0.1, 0.15) is 58.3 Å². The molecule has 0 bridgehead atoms. The van der Waals surface area contributed by atoms with Gasteiger partial charge in [0.15, 0.2) is 0 Å². The second-order valence-electron chi connectivity index (χ2n) is 8.15. The molecule has 7 nitrogen and oxygen atoms in total. The highest BCUT2D eigenvalue weighted by Crippen LogP contribution is 2.32. The molecule has 3 fully saturated rings. The van der Waals surface area contributed by atoms with Crippen molar-refractivity contribution >= 4 is 33.4 Å². The number of piperidine rings is 1. The lowest BCUT2D eigenvalue weighted by molar-refractivity contribution is -0.127. The minimum atomic E-state index is 0.0999.